The fraction of sp³-hybridized carbons (Fsp3) is 0.318. The van der Waals surface area contributed by atoms with E-state index in [4.69, 9.17) is 4.98 Å². The number of fused-ring (bicyclic) bond motifs is 1. The molecule has 5 heteroatoms. The Balaban J connectivity index is 1.60. The minimum Gasteiger partial charge on any atom is -0.396 e. The Kier molecular flexibility index (Phi) is 4.79. The van der Waals surface area contributed by atoms with Crippen LogP contribution in [0.15, 0.2) is 54.6 Å². The summed E-state index contributed by atoms with van der Waals surface area (Å²) in [5, 5.41) is 11.2. The highest BCUT2D eigenvalue weighted by Gasteiger charge is 2.36. The number of rotatable bonds is 4. The zero-order chi connectivity index (χ0) is 18.9. The lowest BCUT2D eigenvalue weighted by atomic mass is 9.75. The number of pyridine rings is 1. The fourth-order valence-corrected chi connectivity index (χ4v) is 4.03. The number of aromatic nitrogens is 1. The van der Waals surface area contributed by atoms with Gasteiger partial charge < -0.3 is 10.0 Å². The summed E-state index contributed by atoms with van der Waals surface area (Å²) in [4.78, 5) is 6.92. The maximum Gasteiger partial charge on any atom is 0.129 e. The summed E-state index contributed by atoms with van der Waals surface area (Å²) in [6.07, 6.45) is 2.06. The van der Waals surface area contributed by atoms with E-state index in [1.165, 1.54) is 12.1 Å². The summed E-state index contributed by atoms with van der Waals surface area (Å²) < 4.78 is 27.4. The van der Waals surface area contributed by atoms with Gasteiger partial charge in [-0.3, -0.25) is 0 Å². The molecule has 1 aliphatic heterocycles. The third-order valence-corrected chi connectivity index (χ3v) is 5.49. The highest BCUT2D eigenvalue weighted by molar-refractivity contribution is 5.80. The molecule has 0 bridgehead atoms. The van der Waals surface area contributed by atoms with Crippen molar-refractivity contribution in [2.75, 3.05) is 24.6 Å². The monoisotopic (exact) mass is 368 g/mol. The SMILES string of the molecule is OC[C@]1(Cc2ccc(F)cc2F)CCCN(c2ccc3ccccc3n2)C1. The molecule has 1 N–H and O–H groups in total. The first-order valence-electron chi connectivity index (χ1n) is 9.24. The number of hydrogen-bond acceptors (Lipinski definition) is 3. The second-order valence-electron chi connectivity index (χ2n) is 7.46. The zero-order valence-corrected chi connectivity index (χ0v) is 15.0. The first-order chi connectivity index (χ1) is 13.1. The van der Waals surface area contributed by atoms with E-state index in [1.807, 2.05) is 36.4 Å². The van der Waals surface area contributed by atoms with Crippen molar-refractivity contribution in [3.05, 3.63) is 71.8 Å². The molecule has 1 fully saturated rings. The largest absolute Gasteiger partial charge is 0.396 e. The molecule has 1 aliphatic rings. The molecule has 2 heterocycles. The summed E-state index contributed by atoms with van der Waals surface area (Å²) in [5.41, 5.74) is 0.906. The number of para-hydroxylation sites is 1. The van der Waals surface area contributed by atoms with Gasteiger partial charge in [-0.25, -0.2) is 13.8 Å². The van der Waals surface area contributed by atoms with Crippen LogP contribution in [0.1, 0.15) is 18.4 Å². The van der Waals surface area contributed by atoms with Crippen molar-refractivity contribution >= 4 is 16.7 Å². The van der Waals surface area contributed by atoms with Gasteiger partial charge in [-0.2, -0.15) is 0 Å². The Morgan fingerprint density at radius 3 is 2.74 bits per heavy atom. The molecule has 1 aromatic heterocycles. The predicted molar refractivity (Wildman–Crippen MR) is 103 cm³/mol. The van der Waals surface area contributed by atoms with Crippen LogP contribution in [-0.2, 0) is 6.42 Å². The van der Waals surface area contributed by atoms with E-state index in [9.17, 15) is 13.9 Å². The maximum atomic E-state index is 14.2. The molecular weight excluding hydrogens is 346 g/mol. The van der Waals surface area contributed by atoms with Gasteiger partial charge in [0, 0.05) is 30.0 Å². The highest BCUT2D eigenvalue weighted by atomic mass is 19.1. The van der Waals surface area contributed by atoms with E-state index >= 15 is 0 Å². The smallest absolute Gasteiger partial charge is 0.129 e. The Hall–Kier alpha value is -2.53. The molecular formula is C22H22F2N2O. The lowest BCUT2D eigenvalue weighted by Crippen LogP contribution is -2.47. The number of nitrogens with zero attached hydrogens (tertiary/aromatic N) is 2. The van der Waals surface area contributed by atoms with Crippen molar-refractivity contribution in [2.45, 2.75) is 19.3 Å². The summed E-state index contributed by atoms with van der Waals surface area (Å²) in [5.74, 6) is -0.269. The molecule has 0 unspecified atom stereocenters. The Morgan fingerprint density at radius 2 is 1.93 bits per heavy atom. The summed E-state index contributed by atoms with van der Waals surface area (Å²) in [6.45, 7) is 1.39. The standard InChI is InChI=1S/C22H22F2N2O/c23-18-8-6-17(19(24)12-18)13-22(15-27)10-3-11-26(14-22)21-9-7-16-4-1-2-5-20(16)25-21/h1-2,4-9,12,27H,3,10-11,13-15H2/t22-/m0/s1. The molecule has 2 aromatic carbocycles. The van der Waals surface area contributed by atoms with Crippen molar-refractivity contribution < 1.29 is 13.9 Å². The molecule has 1 saturated heterocycles. The highest BCUT2D eigenvalue weighted by Crippen LogP contribution is 2.36. The van der Waals surface area contributed by atoms with E-state index in [0.29, 0.717) is 18.5 Å². The number of aliphatic hydroxyl groups is 1. The van der Waals surface area contributed by atoms with E-state index in [2.05, 4.69) is 4.90 Å². The van der Waals surface area contributed by atoms with Crippen LogP contribution in [-0.4, -0.2) is 29.8 Å². The predicted octanol–water partition coefficient (Wildman–Crippen LogP) is 4.33. The van der Waals surface area contributed by atoms with Crippen LogP contribution in [0.2, 0.25) is 0 Å². The number of benzene rings is 2. The van der Waals surface area contributed by atoms with Crippen molar-refractivity contribution in [2.24, 2.45) is 5.41 Å². The van der Waals surface area contributed by atoms with Crippen molar-refractivity contribution in [1.82, 2.24) is 4.98 Å². The summed E-state index contributed by atoms with van der Waals surface area (Å²) in [6, 6.07) is 15.7. The Morgan fingerprint density at radius 1 is 1.07 bits per heavy atom. The molecule has 140 valence electrons. The van der Waals surface area contributed by atoms with Gasteiger partial charge >= 0.3 is 0 Å². The molecule has 3 nitrogen and oxygen atoms in total. The van der Waals surface area contributed by atoms with Crippen LogP contribution in [0.5, 0.6) is 0 Å². The number of halogens is 2. The van der Waals surface area contributed by atoms with E-state index in [1.54, 1.807) is 0 Å². The molecule has 0 radical (unpaired) electrons. The average molecular weight is 368 g/mol. The minimum atomic E-state index is -0.583. The maximum absolute atomic E-state index is 14.2. The second kappa shape index (κ2) is 7.24. The molecule has 4 rings (SSSR count). The van der Waals surface area contributed by atoms with Crippen molar-refractivity contribution in [3.63, 3.8) is 0 Å². The first-order valence-corrected chi connectivity index (χ1v) is 9.24. The van der Waals surface area contributed by atoms with Crippen LogP contribution in [0.4, 0.5) is 14.6 Å². The van der Waals surface area contributed by atoms with Crippen molar-refractivity contribution in [1.29, 1.82) is 0 Å². The quantitative estimate of drug-likeness (QED) is 0.744. The molecule has 0 saturated carbocycles. The molecule has 3 aromatic rings. The number of hydrogen-bond donors (Lipinski definition) is 1. The zero-order valence-electron chi connectivity index (χ0n) is 15.0. The molecule has 27 heavy (non-hydrogen) atoms. The topological polar surface area (TPSA) is 36.4 Å². The van der Waals surface area contributed by atoms with Gasteiger partial charge in [-0.05, 0) is 49.1 Å². The van der Waals surface area contributed by atoms with Gasteiger partial charge in [0.25, 0.3) is 0 Å². The van der Waals surface area contributed by atoms with E-state index in [-0.39, 0.29) is 6.61 Å². The third kappa shape index (κ3) is 3.65. The van der Waals surface area contributed by atoms with Crippen LogP contribution in [0, 0.1) is 17.0 Å². The minimum absolute atomic E-state index is 0.0477. The molecule has 0 aliphatic carbocycles. The molecule has 0 amide bonds. The lowest BCUT2D eigenvalue weighted by molar-refractivity contribution is 0.104. The van der Waals surface area contributed by atoms with Gasteiger partial charge in [0.2, 0.25) is 0 Å². The molecule has 0 spiro atoms. The summed E-state index contributed by atoms with van der Waals surface area (Å²) in [7, 11) is 0. The van der Waals surface area contributed by atoms with Gasteiger partial charge in [0.15, 0.2) is 0 Å². The van der Waals surface area contributed by atoms with E-state index < -0.39 is 17.0 Å². The van der Waals surface area contributed by atoms with Gasteiger partial charge in [-0.1, -0.05) is 24.3 Å². The normalized spacial score (nSPS) is 20.2. The lowest BCUT2D eigenvalue weighted by Gasteiger charge is -2.42. The van der Waals surface area contributed by atoms with Gasteiger partial charge in [-0.15, -0.1) is 0 Å². The second-order valence-corrected chi connectivity index (χ2v) is 7.46. The number of piperidine rings is 1. The van der Waals surface area contributed by atoms with Crippen LogP contribution < -0.4 is 4.90 Å². The van der Waals surface area contributed by atoms with Gasteiger partial charge in [0.1, 0.15) is 17.5 Å². The van der Waals surface area contributed by atoms with Crippen LogP contribution >= 0.6 is 0 Å². The van der Waals surface area contributed by atoms with E-state index in [0.717, 1.165) is 42.2 Å². The summed E-state index contributed by atoms with van der Waals surface area (Å²) >= 11 is 0. The fourth-order valence-electron chi connectivity index (χ4n) is 4.03. The number of anilines is 1. The van der Waals surface area contributed by atoms with Crippen LogP contribution in [0.3, 0.4) is 0 Å². The van der Waals surface area contributed by atoms with Crippen LogP contribution in [0.25, 0.3) is 10.9 Å². The van der Waals surface area contributed by atoms with Crippen molar-refractivity contribution in [3.8, 4) is 0 Å². The molecule has 1 atom stereocenters. The number of aliphatic hydroxyl groups excluding tert-OH is 1. The third-order valence-electron chi connectivity index (χ3n) is 5.49. The first kappa shape index (κ1) is 17.9. The Bertz CT molecular complexity index is 962. The average Bonchev–Trinajstić information content (AvgIpc) is 2.70. The Labute approximate surface area is 157 Å². The van der Waals surface area contributed by atoms with Gasteiger partial charge in [0.05, 0.1) is 12.1 Å².